The maximum Gasteiger partial charge on any atom is 0.224 e. The van der Waals surface area contributed by atoms with Crippen molar-refractivity contribution in [1.29, 1.82) is 0 Å². The Morgan fingerprint density at radius 3 is 2.32 bits per heavy atom. The van der Waals surface area contributed by atoms with E-state index in [4.69, 9.17) is 15.9 Å². The Morgan fingerprint density at radius 2 is 1.74 bits per heavy atom. The molecule has 2 heterocycles. The molecule has 0 atom stereocenters. The number of nitrogens with two attached hydrogens (primary N) is 1. The molecule has 1 amide bonds. The molecular formula is C27H37N5O2. The Kier molecular flexibility index (Phi) is 8.20. The Bertz CT molecular complexity index is 1080. The molecule has 0 saturated carbocycles. The number of piperidine rings is 1. The fourth-order valence-corrected chi connectivity index (χ4v) is 4.21. The molecule has 2 aliphatic rings. The number of likely N-dealkylation sites (tertiary alicyclic amines) is 1. The van der Waals surface area contributed by atoms with Gasteiger partial charge in [0.1, 0.15) is 5.69 Å². The van der Waals surface area contributed by atoms with Crippen LogP contribution < -0.4 is 5.73 Å². The zero-order chi connectivity index (χ0) is 24.9. The minimum Gasteiger partial charge on any atom is -0.342 e. The van der Waals surface area contributed by atoms with Gasteiger partial charge < -0.3 is 10.6 Å². The maximum absolute atomic E-state index is 12.6. The van der Waals surface area contributed by atoms with Crippen LogP contribution in [0.2, 0.25) is 0 Å². The third-order valence-electron chi connectivity index (χ3n) is 6.05. The van der Waals surface area contributed by atoms with E-state index in [1.165, 1.54) is 0 Å². The van der Waals surface area contributed by atoms with Crippen molar-refractivity contribution in [3.05, 3.63) is 59.3 Å². The Balaban J connectivity index is 0.000000751. The van der Waals surface area contributed by atoms with Crippen LogP contribution >= 0.6 is 0 Å². The van der Waals surface area contributed by atoms with E-state index >= 15 is 0 Å². The number of allylic oxidation sites excluding steroid dienone is 4. The quantitative estimate of drug-likeness (QED) is 0.676. The standard InChI is InChI=1S/C23H29N5O2.C4H8/c1-15-12-19-22(18-7-5-4-6-17(18)20(29)13-15)26-28(25-19)16-8-10-27(11-9-16)21(30)14-23(2,3)24;1-3-4-2/h4-7,13,16H,8-12,14,24H2,1-3H3;3-4H,1-2H3/b15-13-;4-3-. The van der Waals surface area contributed by atoms with Crippen LogP contribution in [0.1, 0.15) is 76.0 Å². The second kappa shape index (κ2) is 10.9. The summed E-state index contributed by atoms with van der Waals surface area (Å²) in [5, 5.41) is 9.63. The predicted molar refractivity (Wildman–Crippen MR) is 135 cm³/mol. The topological polar surface area (TPSA) is 94.1 Å². The monoisotopic (exact) mass is 463 g/mol. The first-order chi connectivity index (χ1) is 16.1. The van der Waals surface area contributed by atoms with Gasteiger partial charge in [-0.1, -0.05) is 42.0 Å². The van der Waals surface area contributed by atoms with Gasteiger partial charge >= 0.3 is 0 Å². The van der Waals surface area contributed by atoms with Gasteiger partial charge in [0.15, 0.2) is 5.78 Å². The van der Waals surface area contributed by atoms with Crippen LogP contribution in [0.25, 0.3) is 11.3 Å². The lowest BCUT2D eigenvalue weighted by Crippen LogP contribution is -2.44. The van der Waals surface area contributed by atoms with Gasteiger partial charge in [-0.3, -0.25) is 9.59 Å². The molecule has 0 radical (unpaired) electrons. The number of benzene rings is 1. The number of nitrogens with zero attached hydrogens (tertiary/aromatic N) is 4. The minimum absolute atomic E-state index is 0.0120. The summed E-state index contributed by atoms with van der Waals surface area (Å²) < 4.78 is 0. The fraction of sp³-hybridized carbons (Fsp3) is 0.481. The van der Waals surface area contributed by atoms with E-state index < -0.39 is 5.54 Å². The fourth-order valence-electron chi connectivity index (χ4n) is 4.21. The summed E-state index contributed by atoms with van der Waals surface area (Å²) in [7, 11) is 0. The molecule has 7 heteroatoms. The van der Waals surface area contributed by atoms with E-state index in [0.29, 0.717) is 31.5 Å². The summed E-state index contributed by atoms with van der Waals surface area (Å²) in [6, 6.07) is 7.73. The molecule has 7 nitrogen and oxygen atoms in total. The summed E-state index contributed by atoms with van der Waals surface area (Å²) in [6.45, 7) is 11.1. The summed E-state index contributed by atoms with van der Waals surface area (Å²) in [4.78, 5) is 28.8. The van der Waals surface area contributed by atoms with Crippen molar-refractivity contribution in [3.8, 4) is 11.3 Å². The Hall–Kier alpha value is -3.06. The third kappa shape index (κ3) is 6.29. The minimum atomic E-state index is -0.496. The Labute approximate surface area is 202 Å². The number of hydrogen-bond donors (Lipinski definition) is 1. The number of carbonyl (C=O) groups is 2. The molecule has 182 valence electrons. The van der Waals surface area contributed by atoms with Gasteiger partial charge in [-0.2, -0.15) is 15.0 Å². The first-order valence-electron chi connectivity index (χ1n) is 12.0. The molecule has 2 aromatic rings. The normalized spacial score (nSPS) is 18.2. The van der Waals surface area contributed by atoms with Crippen LogP contribution in [0.3, 0.4) is 0 Å². The van der Waals surface area contributed by atoms with E-state index in [2.05, 4.69) is 0 Å². The van der Waals surface area contributed by atoms with E-state index in [9.17, 15) is 9.59 Å². The van der Waals surface area contributed by atoms with E-state index in [1.807, 2.05) is 75.9 Å². The van der Waals surface area contributed by atoms with Crippen molar-refractivity contribution in [2.24, 2.45) is 5.73 Å². The molecule has 4 rings (SSSR count). The van der Waals surface area contributed by atoms with E-state index in [-0.39, 0.29) is 17.7 Å². The molecule has 1 fully saturated rings. The highest BCUT2D eigenvalue weighted by atomic mass is 16.2. The van der Waals surface area contributed by atoms with Crippen LogP contribution in [0.5, 0.6) is 0 Å². The number of aromatic nitrogens is 3. The van der Waals surface area contributed by atoms with Crippen LogP contribution in [-0.4, -0.2) is 50.2 Å². The Morgan fingerprint density at radius 1 is 1.12 bits per heavy atom. The number of hydrogen-bond acceptors (Lipinski definition) is 5. The van der Waals surface area contributed by atoms with Crippen molar-refractivity contribution in [1.82, 2.24) is 19.9 Å². The highest BCUT2D eigenvalue weighted by molar-refractivity contribution is 6.09. The van der Waals surface area contributed by atoms with Crippen molar-refractivity contribution in [3.63, 3.8) is 0 Å². The highest BCUT2D eigenvalue weighted by Crippen LogP contribution is 2.31. The summed E-state index contributed by atoms with van der Waals surface area (Å²) >= 11 is 0. The molecule has 1 saturated heterocycles. The molecular weight excluding hydrogens is 426 g/mol. The second-order valence-electron chi connectivity index (χ2n) is 9.84. The van der Waals surface area contributed by atoms with E-state index in [0.717, 1.165) is 35.4 Å². The van der Waals surface area contributed by atoms with Gasteiger partial charge in [0, 0.05) is 42.6 Å². The third-order valence-corrected chi connectivity index (χ3v) is 6.05. The van der Waals surface area contributed by atoms with Crippen molar-refractivity contribution >= 4 is 11.7 Å². The molecule has 2 N–H and O–H groups in total. The van der Waals surface area contributed by atoms with Crippen LogP contribution in [0.15, 0.2) is 48.1 Å². The average molecular weight is 464 g/mol. The molecule has 0 spiro atoms. The van der Waals surface area contributed by atoms with Gasteiger partial charge in [-0.15, -0.1) is 0 Å². The summed E-state index contributed by atoms with van der Waals surface area (Å²) in [6.07, 6.45) is 8.27. The highest BCUT2D eigenvalue weighted by Gasteiger charge is 2.29. The lowest BCUT2D eigenvalue weighted by atomic mass is 9.94. The van der Waals surface area contributed by atoms with Gasteiger partial charge in [0.05, 0.1) is 11.7 Å². The van der Waals surface area contributed by atoms with Crippen LogP contribution in [-0.2, 0) is 11.2 Å². The zero-order valence-corrected chi connectivity index (χ0v) is 21.0. The summed E-state index contributed by atoms with van der Waals surface area (Å²) in [5.41, 5.74) is 9.67. The smallest absolute Gasteiger partial charge is 0.224 e. The molecule has 34 heavy (non-hydrogen) atoms. The molecule has 1 aliphatic carbocycles. The van der Waals surface area contributed by atoms with Gasteiger partial charge in [0.2, 0.25) is 5.91 Å². The molecule has 0 bridgehead atoms. The van der Waals surface area contributed by atoms with Gasteiger partial charge in [-0.25, -0.2) is 0 Å². The van der Waals surface area contributed by atoms with Crippen LogP contribution in [0, 0.1) is 0 Å². The van der Waals surface area contributed by atoms with Crippen molar-refractivity contribution < 1.29 is 9.59 Å². The van der Waals surface area contributed by atoms with Crippen molar-refractivity contribution in [2.75, 3.05) is 13.1 Å². The molecule has 1 aliphatic heterocycles. The second-order valence-corrected chi connectivity index (χ2v) is 9.84. The zero-order valence-electron chi connectivity index (χ0n) is 21.0. The SMILES string of the molecule is C/C1=C/C(=O)c2ccccc2-c2nn(C3CCN(C(=O)CC(C)(C)N)CC3)nc2C1.C/C=C\C. The van der Waals surface area contributed by atoms with Gasteiger partial charge in [-0.05, 0) is 53.5 Å². The predicted octanol–water partition coefficient (Wildman–Crippen LogP) is 4.50. The van der Waals surface area contributed by atoms with Gasteiger partial charge in [0.25, 0.3) is 0 Å². The lowest BCUT2D eigenvalue weighted by molar-refractivity contribution is -0.133. The molecule has 1 aromatic carbocycles. The summed E-state index contributed by atoms with van der Waals surface area (Å²) in [5.74, 6) is 0.118. The lowest BCUT2D eigenvalue weighted by Gasteiger charge is -2.33. The van der Waals surface area contributed by atoms with Crippen molar-refractivity contribution in [2.45, 2.75) is 71.9 Å². The number of ketones is 1. The first-order valence-corrected chi connectivity index (χ1v) is 12.0. The first kappa shape index (κ1) is 25.6. The molecule has 1 aromatic heterocycles. The largest absolute Gasteiger partial charge is 0.342 e. The number of amides is 1. The maximum atomic E-state index is 12.6. The molecule has 0 unspecified atom stereocenters. The number of fused-ring (bicyclic) bond motifs is 3. The number of rotatable bonds is 3. The van der Waals surface area contributed by atoms with Crippen LogP contribution in [0.4, 0.5) is 0 Å². The number of carbonyl (C=O) groups excluding carboxylic acids is 2. The van der Waals surface area contributed by atoms with E-state index in [1.54, 1.807) is 10.9 Å². The average Bonchev–Trinajstić information content (AvgIpc) is 3.20.